The maximum absolute atomic E-state index is 12.3. The number of aromatic nitrogens is 4. The average Bonchev–Trinajstić information content (AvgIpc) is 3.62. The van der Waals surface area contributed by atoms with E-state index in [0.717, 1.165) is 43.1 Å². The molecule has 2 unspecified atom stereocenters. The quantitative estimate of drug-likeness (QED) is 0.452. The molecule has 38 heavy (non-hydrogen) atoms. The smallest absolute Gasteiger partial charge is 0.410 e. The van der Waals surface area contributed by atoms with Crippen LogP contribution in [0.2, 0.25) is 0 Å². The number of hydrogen-bond acceptors (Lipinski definition) is 8. The van der Waals surface area contributed by atoms with Gasteiger partial charge in [-0.25, -0.2) is 9.78 Å². The normalized spacial score (nSPS) is 26.9. The maximum atomic E-state index is 12.3. The topological polar surface area (TPSA) is 100 Å². The van der Waals surface area contributed by atoms with E-state index < -0.39 is 0 Å². The third-order valence-electron chi connectivity index (χ3n) is 8.95. The third-order valence-corrected chi connectivity index (χ3v) is 8.95. The van der Waals surface area contributed by atoms with E-state index in [-0.39, 0.29) is 11.7 Å². The summed E-state index contributed by atoms with van der Waals surface area (Å²) in [5, 5.41) is 11.8. The van der Waals surface area contributed by atoms with Gasteiger partial charge in [-0.1, -0.05) is 0 Å². The van der Waals surface area contributed by atoms with Crippen LogP contribution in [0.25, 0.3) is 0 Å². The summed E-state index contributed by atoms with van der Waals surface area (Å²) in [6.07, 6.45) is 12.9. The van der Waals surface area contributed by atoms with Crippen molar-refractivity contribution in [3.8, 4) is 0 Å². The van der Waals surface area contributed by atoms with Crippen LogP contribution >= 0.6 is 0 Å². The van der Waals surface area contributed by atoms with Crippen molar-refractivity contribution in [1.82, 2.24) is 29.5 Å². The maximum Gasteiger partial charge on any atom is 0.410 e. The summed E-state index contributed by atoms with van der Waals surface area (Å²) < 4.78 is 7.70. The molecule has 1 saturated carbocycles. The van der Waals surface area contributed by atoms with E-state index in [1.807, 2.05) is 27.0 Å². The first kappa shape index (κ1) is 25.4. The minimum Gasteiger partial charge on any atom is -0.443 e. The highest BCUT2D eigenvalue weighted by Crippen LogP contribution is 2.43. The molecule has 206 valence electrons. The molecule has 0 aromatic carbocycles. The number of nitrogens with one attached hydrogen (secondary N) is 2. The number of hydrogen-bond donors (Lipinski definition) is 2. The summed E-state index contributed by atoms with van der Waals surface area (Å²) in [4.78, 5) is 26.2. The van der Waals surface area contributed by atoms with Crippen molar-refractivity contribution >= 4 is 23.5 Å². The lowest BCUT2D eigenvalue weighted by Crippen LogP contribution is -2.47. The van der Waals surface area contributed by atoms with Crippen molar-refractivity contribution in [1.29, 1.82) is 0 Å². The summed E-state index contributed by atoms with van der Waals surface area (Å²) in [5.41, 5.74) is 2.76. The van der Waals surface area contributed by atoms with Crippen LogP contribution in [0.5, 0.6) is 0 Å². The zero-order valence-electron chi connectivity index (χ0n) is 23.2. The minimum atomic E-state index is -0.364. The lowest BCUT2D eigenvalue weighted by atomic mass is 9.98. The van der Waals surface area contributed by atoms with E-state index in [2.05, 4.69) is 38.4 Å². The molecule has 1 aliphatic carbocycles. The van der Waals surface area contributed by atoms with Gasteiger partial charge in [-0.15, -0.1) is 0 Å². The molecule has 2 atom stereocenters. The monoisotopic (exact) mass is 522 g/mol. The SMILES string of the molecule is Cc1nn(C2CC3CCC(C2)N3C)cc1Nc1ncc(C2CC2)c(NCCCN2CCC(C)(C)OC2=O)n1. The molecule has 4 fully saturated rings. The van der Waals surface area contributed by atoms with Gasteiger partial charge in [0.15, 0.2) is 0 Å². The fraction of sp³-hybridized carbons (Fsp3) is 0.714. The Morgan fingerprint density at radius 2 is 1.89 bits per heavy atom. The number of ether oxygens (including phenoxy) is 1. The Bertz CT molecular complexity index is 1160. The zero-order chi connectivity index (χ0) is 26.4. The molecule has 3 aliphatic heterocycles. The molecule has 4 aliphatic rings. The summed E-state index contributed by atoms with van der Waals surface area (Å²) in [6, 6.07) is 1.81. The Balaban J connectivity index is 1.08. The number of carbonyl (C=O) groups excluding carboxylic acids is 1. The molecule has 2 N–H and O–H groups in total. The average molecular weight is 523 g/mol. The van der Waals surface area contributed by atoms with Crippen molar-refractivity contribution in [2.45, 2.75) is 102 Å². The van der Waals surface area contributed by atoms with Gasteiger partial charge in [0.25, 0.3) is 0 Å². The number of anilines is 3. The second-order valence-electron chi connectivity index (χ2n) is 12.3. The highest BCUT2D eigenvalue weighted by Gasteiger charge is 2.39. The number of fused-ring (bicyclic) bond motifs is 2. The van der Waals surface area contributed by atoms with Crippen LogP contribution in [0.3, 0.4) is 0 Å². The van der Waals surface area contributed by atoms with Crippen LogP contribution in [0.4, 0.5) is 22.2 Å². The lowest BCUT2D eigenvalue weighted by molar-refractivity contribution is -0.0253. The predicted molar refractivity (Wildman–Crippen MR) is 147 cm³/mol. The van der Waals surface area contributed by atoms with Crippen LogP contribution in [0.1, 0.15) is 88.4 Å². The molecule has 0 spiro atoms. The van der Waals surface area contributed by atoms with E-state index in [0.29, 0.717) is 36.5 Å². The van der Waals surface area contributed by atoms with Gasteiger partial charge in [0.05, 0.1) is 17.4 Å². The third kappa shape index (κ3) is 5.32. The van der Waals surface area contributed by atoms with Crippen molar-refractivity contribution in [3.05, 3.63) is 23.7 Å². The van der Waals surface area contributed by atoms with Gasteiger partial charge in [0, 0.05) is 56.1 Å². The fourth-order valence-corrected chi connectivity index (χ4v) is 6.32. The van der Waals surface area contributed by atoms with Crippen LogP contribution < -0.4 is 10.6 Å². The molecule has 2 aromatic heterocycles. The first-order valence-corrected chi connectivity index (χ1v) is 14.4. The molecular formula is C28H42N8O2. The standard InChI is InChI=1S/C28H42N8O2/c1-18-24(17-36(33-18)22-14-20-8-9-21(15-22)34(20)4)31-26-30-16-23(19-6-7-19)25(32-26)29-11-5-12-35-13-10-28(2,3)38-27(35)37/h16-17,19-22H,5-15H2,1-4H3,(H2,29,30,31,32). The van der Waals surface area contributed by atoms with Crippen LogP contribution in [-0.4, -0.2) is 80.0 Å². The molecule has 1 amide bonds. The van der Waals surface area contributed by atoms with Crippen molar-refractivity contribution in [2.75, 3.05) is 37.3 Å². The van der Waals surface area contributed by atoms with Gasteiger partial charge in [-0.3, -0.25) is 4.68 Å². The van der Waals surface area contributed by atoms with Crippen molar-refractivity contribution in [2.24, 2.45) is 0 Å². The van der Waals surface area contributed by atoms with Crippen LogP contribution in [-0.2, 0) is 4.74 Å². The summed E-state index contributed by atoms with van der Waals surface area (Å²) >= 11 is 0. The molecule has 2 bridgehead atoms. The summed E-state index contributed by atoms with van der Waals surface area (Å²) in [7, 11) is 2.27. The molecule has 10 nitrogen and oxygen atoms in total. The number of nitrogens with zero attached hydrogens (tertiary/aromatic N) is 6. The van der Waals surface area contributed by atoms with E-state index in [9.17, 15) is 4.79 Å². The molecule has 3 saturated heterocycles. The minimum absolute atomic E-state index is 0.211. The first-order chi connectivity index (χ1) is 18.3. The second-order valence-corrected chi connectivity index (χ2v) is 12.3. The molecule has 0 radical (unpaired) electrons. The second kappa shape index (κ2) is 10.0. The van der Waals surface area contributed by atoms with Gasteiger partial charge in [-0.05, 0) is 78.7 Å². The number of piperidine rings is 1. The molecule has 2 aromatic rings. The Morgan fingerprint density at radius 3 is 2.61 bits per heavy atom. The number of cyclic esters (lactones) is 1. The summed E-state index contributed by atoms with van der Waals surface area (Å²) in [6.45, 7) is 8.13. The van der Waals surface area contributed by atoms with Gasteiger partial charge in [0.2, 0.25) is 5.95 Å². The Hall–Kier alpha value is -2.88. The van der Waals surface area contributed by atoms with Crippen LogP contribution in [0.15, 0.2) is 12.4 Å². The number of aryl methyl sites for hydroxylation is 1. The van der Waals surface area contributed by atoms with Crippen LogP contribution in [0, 0.1) is 6.92 Å². The van der Waals surface area contributed by atoms with Gasteiger partial charge in [0.1, 0.15) is 11.4 Å². The highest BCUT2D eigenvalue weighted by molar-refractivity contribution is 5.69. The Labute approximate surface area is 225 Å². The number of carbonyl (C=O) groups is 1. The molecule has 10 heteroatoms. The van der Waals surface area contributed by atoms with E-state index in [4.69, 9.17) is 14.8 Å². The van der Waals surface area contributed by atoms with E-state index in [1.165, 1.54) is 44.1 Å². The molecule has 6 rings (SSSR count). The highest BCUT2D eigenvalue weighted by atomic mass is 16.6. The number of amides is 1. The first-order valence-electron chi connectivity index (χ1n) is 14.4. The largest absolute Gasteiger partial charge is 0.443 e. The van der Waals surface area contributed by atoms with E-state index in [1.54, 1.807) is 4.90 Å². The summed E-state index contributed by atoms with van der Waals surface area (Å²) in [5.74, 6) is 2.02. The predicted octanol–water partition coefficient (Wildman–Crippen LogP) is 4.82. The van der Waals surface area contributed by atoms with Crippen molar-refractivity contribution in [3.63, 3.8) is 0 Å². The van der Waals surface area contributed by atoms with E-state index >= 15 is 0 Å². The Morgan fingerprint density at radius 1 is 1.13 bits per heavy atom. The zero-order valence-corrected chi connectivity index (χ0v) is 23.2. The van der Waals surface area contributed by atoms with Gasteiger partial charge >= 0.3 is 6.09 Å². The Kier molecular flexibility index (Phi) is 6.70. The fourth-order valence-electron chi connectivity index (χ4n) is 6.32. The van der Waals surface area contributed by atoms with Gasteiger partial charge < -0.3 is 25.2 Å². The lowest BCUT2D eigenvalue weighted by Gasteiger charge is -2.36. The van der Waals surface area contributed by atoms with Crippen molar-refractivity contribution < 1.29 is 9.53 Å². The molecular weight excluding hydrogens is 480 g/mol. The van der Waals surface area contributed by atoms with Gasteiger partial charge in [-0.2, -0.15) is 10.1 Å². The number of rotatable bonds is 9. The molecule has 5 heterocycles.